The van der Waals surface area contributed by atoms with Crippen LogP contribution in [0, 0.1) is 6.92 Å². The zero-order valence-corrected chi connectivity index (χ0v) is 13.9. The van der Waals surface area contributed by atoms with E-state index in [1.54, 1.807) is 24.3 Å². The summed E-state index contributed by atoms with van der Waals surface area (Å²) in [6.45, 7) is 6.78. The number of hydrogen-bond donors (Lipinski definition) is 2. The lowest BCUT2D eigenvalue weighted by Gasteiger charge is -2.02. The summed E-state index contributed by atoms with van der Waals surface area (Å²) in [6, 6.07) is 10.1. The van der Waals surface area contributed by atoms with E-state index in [0.717, 1.165) is 17.5 Å². The van der Waals surface area contributed by atoms with Gasteiger partial charge in [-0.2, -0.15) is 0 Å². The topological polar surface area (TPSA) is 74.6 Å². The Morgan fingerprint density at radius 3 is 1.78 bits per heavy atom. The molecule has 0 saturated carbocycles. The zero-order chi connectivity index (χ0) is 17.6. The fraction of sp³-hybridized carbons (Fsp3) is 0.263. The normalized spacial score (nSPS) is 9.74. The lowest BCUT2D eigenvalue weighted by Crippen LogP contribution is -1.94. The first-order valence-electron chi connectivity index (χ1n) is 7.39. The van der Waals surface area contributed by atoms with Crippen molar-refractivity contribution >= 4 is 11.6 Å². The standard InChI is InChI=1S/C10H12O2.C9H10O2/c1-3-8-4-5-10(12)9(6-8)7(2)11;1-6-3-4-9(11)8(5-6)7(2)10/h4-6,12H,3H2,1-2H3;3-5,11H,1-2H3. The van der Waals surface area contributed by atoms with Gasteiger partial charge in [0.05, 0.1) is 11.1 Å². The maximum absolute atomic E-state index is 11.0. The molecule has 0 aliphatic heterocycles. The van der Waals surface area contributed by atoms with E-state index < -0.39 is 0 Å². The molecule has 0 heterocycles. The van der Waals surface area contributed by atoms with Crippen molar-refractivity contribution in [2.75, 3.05) is 0 Å². The van der Waals surface area contributed by atoms with E-state index in [0.29, 0.717) is 11.1 Å². The second-order valence-corrected chi connectivity index (χ2v) is 5.34. The number of phenols is 2. The Labute approximate surface area is 136 Å². The number of hydrogen-bond acceptors (Lipinski definition) is 4. The molecule has 2 N–H and O–H groups in total. The van der Waals surface area contributed by atoms with Gasteiger partial charge >= 0.3 is 0 Å². The summed E-state index contributed by atoms with van der Waals surface area (Å²) >= 11 is 0. The maximum atomic E-state index is 11.0. The highest BCUT2D eigenvalue weighted by molar-refractivity contribution is 5.97. The predicted octanol–water partition coefficient (Wildman–Crippen LogP) is 4.06. The second kappa shape index (κ2) is 8.13. The van der Waals surface area contributed by atoms with Crippen LogP contribution in [0.1, 0.15) is 52.6 Å². The molecule has 2 aromatic carbocycles. The van der Waals surface area contributed by atoms with Crippen molar-refractivity contribution in [2.45, 2.75) is 34.1 Å². The van der Waals surface area contributed by atoms with E-state index in [2.05, 4.69) is 0 Å². The van der Waals surface area contributed by atoms with Crippen LogP contribution in [0.3, 0.4) is 0 Å². The Morgan fingerprint density at radius 1 is 0.870 bits per heavy atom. The summed E-state index contributed by atoms with van der Waals surface area (Å²) in [5, 5.41) is 18.5. The van der Waals surface area contributed by atoms with Crippen LogP contribution in [0.5, 0.6) is 11.5 Å². The van der Waals surface area contributed by atoms with E-state index in [1.807, 2.05) is 19.9 Å². The molecule has 4 heteroatoms. The van der Waals surface area contributed by atoms with Gasteiger partial charge in [0, 0.05) is 0 Å². The number of carbonyl (C=O) groups is 2. The summed E-state index contributed by atoms with van der Waals surface area (Å²) < 4.78 is 0. The molecule has 0 atom stereocenters. The number of phenolic OH excluding ortho intramolecular Hbond substituents is 2. The molecule has 0 unspecified atom stereocenters. The van der Waals surface area contributed by atoms with Gasteiger partial charge in [-0.3, -0.25) is 9.59 Å². The van der Waals surface area contributed by atoms with Crippen LogP contribution >= 0.6 is 0 Å². The van der Waals surface area contributed by atoms with Crippen molar-refractivity contribution in [3.8, 4) is 11.5 Å². The Kier molecular flexibility index (Phi) is 6.51. The van der Waals surface area contributed by atoms with Gasteiger partial charge in [0.25, 0.3) is 0 Å². The maximum Gasteiger partial charge on any atom is 0.163 e. The largest absolute Gasteiger partial charge is 0.507 e. The van der Waals surface area contributed by atoms with Crippen molar-refractivity contribution < 1.29 is 19.8 Å². The minimum Gasteiger partial charge on any atom is -0.507 e. The lowest BCUT2D eigenvalue weighted by atomic mass is 10.1. The van der Waals surface area contributed by atoms with E-state index in [1.165, 1.54) is 19.9 Å². The number of aryl methyl sites for hydroxylation is 2. The number of benzene rings is 2. The van der Waals surface area contributed by atoms with Gasteiger partial charge in [-0.1, -0.05) is 24.6 Å². The minimum absolute atomic E-state index is 0.0584. The van der Waals surface area contributed by atoms with E-state index in [-0.39, 0.29) is 23.1 Å². The molecule has 0 bridgehead atoms. The van der Waals surface area contributed by atoms with Gasteiger partial charge in [0.2, 0.25) is 0 Å². The SMILES string of the molecule is CC(=O)c1cc(C)ccc1O.CCc1ccc(O)c(C(C)=O)c1. The van der Waals surface area contributed by atoms with E-state index >= 15 is 0 Å². The Balaban J connectivity index is 0.000000231. The highest BCUT2D eigenvalue weighted by Crippen LogP contribution is 2.19. The number of Topliss-reactive ketones (excluding diaryl/α,β-unsaturated/α-hetero) is 2. The van der Waals surface area contributed by atoms with Crippen molar-refractivity contribution in [3.05, 3.63) is 58.7 Å². The van der Waals surface area contributed by atoms with Crippen LogP contribution in [0.2, 0.25) is 0 Å². The first-order chi connectivity index (χ1) is 10.8. The van der Waals surface area contributed by atoms with Crippen LogP contribution in [0.25, 0.3) is 0 Å². The fourth-order valence-electron chi connectivity index (χ4n) is 2.02. The predicted molar refractivity (Wildman–Crippen MR) is 90.3 cm³/mol. The molecule has 0 aliphatic rings. The minimum atomic E-state index is -0.105. The summed E-state index contributed by atoms with van der Waals surface area (Å²) in [4.78, 5) is 21.8. The number of ketones is 2. The van der Waals surface area contributed by atoms with Crippen molar-refractivity contribution in [2.24, 2.45) is 0 Å². The van der Waals surface area contributed by atoms with Gasteiger partial charge in [-0.15, -0.1) is 0 Å². The molecule has 0 spiro atoms. The molecule has 4 nitrogen and oxygen atoms in total. The molecule has 0 aliphatic carbocycles. The third-order valence-corrected chi connectivity index (χ3v) is 3.38. The molecule has 0 aromatic heterocycles. The molecule has 0 fully saturated rings. The molecule has 0 radical (unpaired) electrons. The number of carbonyl (C=O) groups excluding carboxylic acids is 2. The monoisotopic (exact) mass is 314 g/mol. The first-order valence-corrected chi connectivity index (χ1v) is 7.39. The van der Waals surface area contributed by atoms with Crippen LogP contribution in [-0.4, -0.2) is 21.8 Å². The van der Waals surface area contributed by atoms with Crippen molar-refractivity contribution in [3.63, 3.8) is 0 Å². The second-order valence-electron chi connectivity index (χ2n) is 5.34. The summed E-state index contributed by atoms with van der Waals surface area (Å²) in [6.07, 6.45) is 0.876. The van der Waals surface area contributed by atoms with Crippen molar-refractivity contribution in [1.82, 2.24) is 0 Å². The smallest absolute Gasteiger partial charge is 0.163 e. The Bertz CT molecular complexity index is 717. The molecule has 0 amide bonds. The Hall–Kier alpha value is -2.62. The summed E-state index contributed by atoms with van der Waals surface area (Å²) in [7, 11) is 0. The number of aromatic hydroxyl groups is 2. The van der Waals surface area contributed by atoms with Gasteiger partial charge < -0.3 is 10.2 Å². The average molecular weight is 314 g/mol. The van der Waals surface area contributed by atoms with Gasteiger partial charge in [0.1, 0.15) is 11.5 Å². The van der Waals surface area contributed by atoms with Crippen LogP contribution in [0.15, 0.2) is 36.4 Å². The molecule has 23 heavy (non-hydrogen) atoms. The number of rotatable bonds is 3. The third-order valence-electron chi connectivity index (χ3n) is 3.38. The van der Waals surface area contributed by atoms with Crippen LogP contribution in [0.4, 0.5) is 0 Å². The molecule has 2 rings (SSSR count). The quantitative estimate of drug-likeness (QED) is 0.838. The zero-order valence-electron chi connectivity index (χ0n) is 13.9. The van der Waals surface area contributed by atoms with Crippen molar-refractivity contribution in [1.29, 1.82) is 0 Å². The molecule has 0 saturated heterocycles. The van der Waals surface area contributed by atoms with Gasteiger partial charge in [0.15, 0.2) is 11.6 Å². The fourth-order valence-corrected chi connectivity index (χ4v) is 2.02. The molecule has 122 valence electrons. The Morgan fingerprint density at radius 2 is 1.35 bits per heavy atom. The molecular formula is C19H22O4. The van der Waals surface area contributed by atoms with Gasteiger partial charge in [-0.05, 0) is 57.0 Å². The molecular weight excluding hydrogens is 292 g/mol. The lowest BCUT2D eigenvalue weighted by molar-refractivity contribution is 0.100. The van der Waals surface area contributed by atoms with E-state index in [9.17, 15) is 19.8 Å². The molecule has 2 aromatic rings. The van der Waals surface area contributed by atoms with E-state index in [4.69, 9.17) is 0 Å². The first kappa shape index (κ1) is 18.4. The summed E-state index contributed by atoms with van der Waals surface area (Å²) in [5.74, 6) is -0.0724. The van der Waals surface area contributed by atoms with Gasteiger partial charge in [-0.25, -0.2) is 0 Å². The highest BCUT2D eigenvalue weighted by Gasteiger charge is 2.06. The van der Waals surface area contributed by atoms with Crippen LogP contribution in [-0.2, 0) is 6.42 Å². The van der Waals surface area contributed by atoms with Crippen LogP contribution < -0.4 is 0 Å². The highest BCUT2D eigenvalue weighted by atomic mass is 16.3. The third kappa shape index (κ3) is 5.25. The average Bonchev–Trinajstić information content (AvgIpc) is 2.50. The summed E-state index contributed by atoms with van der Waals surface area (Å²) in [5.41, 5.74) is 2.85.